The predicted molar refractivity (Wildman–Crippen MR) is 117 cm³/mol. The van der Waals surface area contributed by atoms with E-state index in [1.165, 1.54) is 38.4 Å². The van der Waals surface area contributed by atoms with Crippen molar-refractivity contribution in [2.24, 2.45) is 0 Å². The zero-order chi connectivity index (χ0) is 23.2. The van der Waals surface area contributed by atoms with Crippen LogP contribution in [0.3, 0.4) is 0 Å². The number of ether oxygens (including phenoxy) is 1. The zero-order valence-electron chi connectivity index (χ0n) is 17.9. The zero-order valence-corrected chi connectivity index (χ0v) is 19.5. The van der Waals surface area contributed by atoms with Crippen molar-refractivity contribution in [1.29, 1.82) is 0 Å². The highest BCUT2D eigenvalue weighted by Crippen LogP contribution is 2.23. The third-order valence-corrected chi connectivity index (χ3v) is 7.79. The molecule has 0 saturated heterocycles. The smallest absolute Gasteiger partial charge is 0.243 e. The Morgan fingerprint density at radius 3 is 2.16 bits per heavy atom. The van der Waals surface area contributed by atoms with Crippen molar-refractivity contribution in [1.82, 2.24) is 14.3 Å². The van der Waals surface area contributed by atoms with E-state index in [-0.39, 0.29) is 22.9 Å². The summed E-state index contributed by atoms with van der Waals surface area (Å²) in [6.45, 7) is 3.16. The van der Waals surface area contributed by atoms with E-state index >= 15 is 0 Å². The molecular formula is C20H27N3O6S2. The minimum Gasteiger partial charge on any atom is -0.496 e. The van der Waals surface area contributed by atoms with Crippen LogP contribution in [0.5, 0.6) is 5.75 Å². The van der Waals surface area contributed by atoms with Gasteiger partial charge in [-0.05, 0) is 49.7 Å². The Hall–Kier alpha value is -2.47. The van der Waals surface area contributed by atoms with Crippen LogP contribution < -0.4 is 14.8 Å². The number of carbonyl (C=O) groups excluding carboxylic acids is 1. The van der Waals surface area contributed by atoms with Crippen LogP contribution in [0.15, 0.2) is 52.3 Å². The summed E-state index contributed by atoms with van der Waals surface area (Å²) in [6.07, 6.45) is 0. The van der Waals surface area contributed by atoms with Gasteiger partial charge in [-0.1, -0.05) is 17.7 Å². The van der Waals surface area contributed by atoms with E-state index in [9.17, 15) is 21.6 Å². The van der Waals surface area contributed by atoms with Crippen LogP contribution >= 0.6 is 0 Å². The Labute approximate surface area is 183 Å². The molecule has 170 valence electrons. The molecule has 2 N–H and O–H groups in total. The van der Waals surface area contributed by atoms with Gasteiger partial charge < -0.3 is 10.1 Å². The first kappa shape index (κ1) is 24.8. The molecule has 0 aromatic heterocycles. The summed E-state index contributed by atoms with van der Waals surface area (Å²) in [5, 5.41) is 2.51. The normalized spacial score (nSPS) is 12.0. The van der Waals surface area contributed by atoms with Crippen molar-refractivity contribution in [3.05, 3.63) is 53.6 Å². The molecule has 2 rings (SSSR count). The van der Waals surface area contributed by atoms with Gasteiger partial charge in [0.2, 0.25) is 26.0 Å². The molecule has 2 aromatic carbocycles. The molecule has 0 aliphatic carbocycles. The van der Waals surface area contributed by atoms with Crippen LogP contribution in [0.2, 0.25) is 0 Å². The standard InChI is InChI=1S/C20H27N3O6S2/c1-15-5-7-17(8-6-15)30(25,26)22-12-11-21-20(24)14-23(3)31(27,28)18-9-10-19(29-4)16(2)13-18/h5-10,13,22H,11-12,14H2,1-4H3,(H,21,24). The molecule has 0 unspecified atom stereocenters. The summed E-state index contributed by atoms with van der Waals surface area (Å²) in [4.78, 5) is 12.3. The lowest BCUT2D eigenvalue weighted by Crippen LogP contribution is -2.41. The van der Waals surface area contributed by atoms with Gasteiger partial charge in [0.1, 0.15) is 5.75 Å². The number of amides is 1. The quantitative estimate of drug-likeness (QED) is 0.501. The molecule has 1 amide bonds. The van der Waals surface area contributed by atoms with Crippen LogP contribution in [0.4, 0.5) is 0 Å². The maximum Gasteiger partial charge on any atom is 0.243 e. The Kier molecular flexibility index (Phi) is 8.18. The van der Waals surface area contributed by atoms with Crippen LogP contribution in [0.1, 0.15) is 11.1 Å². The molecule has 0 heterocycles. The van der Waals surface area contributed by atoms with E-state index in [1.54, 1.807) is 25.1 Å². The first-order chi connectivity index (χ1) is 14.5. The number of likely N-dealkylation sites (N-methyl/N-ethyl adjacent to an activating group) is 1. The van der Waals surface area contributed by atoms with Gasteiger partial charge in [0.15, 0.2) is 0 Å². The van der Waals surface area contributed by atoms with Crippen LogP contribution in [-0.2, 0) is 24.8 Å². The number of rotatable bonds is 10. The number of hydrogen-bond donors (Lipinski definition) is 2. The number of nitrogens with zero attached hydrogens (tertiary/aromatic N) is 1. The predicted octanol–water partition coefficient (Wildman–Crippen LogP) is 1.03. The second-order valence-electron chi connectivity index (χ2n) is 6.95. The van der Waals surface area contributed by atoms with Crippen molar-refractivity contribution >= 4 is 26.0 Å². The fourth-order valence-electron chi connectivity index (χ4n) is 2.72. The lowest BCUT2D eigenvalue weighted by molar-refractivity contribution is -0.121. The number of methoxy groups -OCH3 is 1. The average molecular weight is 470 g/mol. The van der Waals surface area contributed by atoms with Gasteiger partial charge in [-0.2, -0.15) is 4.31 Å². The molecule has 0 saturated carbocycles. The second kappa shape index (κ2) is 10.2. The van der Waals surface area contributed by atoms with Gasteiger partial charge in [0.25, 0.3) is 0 Å². The largest absolute Gasteiger partial charge is 0.496 e. The fraction of sp³-hybridized carbons (Fsp3) is 0.350. The molecule has 0 aliphatic heterocycles. The van der Waals surface area contributed by atoms with Gasteiger partial charge in [-0.15, -0.1) is 0 Å². The topological polar surface area (TPSA) is 122 Å². The van der Waals surface area contributed by atoms with Gasteiger partial charge >= 0.3 is 0 Å². The van der Waals surface area contributed by atoms with E-state index in [0.29, 0.717) is 11.3 Å². The molecule has 0 atom stereocenters. The number of hydrogen-bond acceptors (Lipinski definition) is 6. The highest BCUT2D eigenvalue weighted by Gasteiger charge is 2.23. The fourth-order valence-corrected chi connectivity index (χ4v) is 4.97. The number of nitrogens with one attached hydrogen (secondary N) is 2. The summed E-state index contributed by atoms with van der Waals surface area (Å²) < 4.78 is 58.2. The van der Waals surface area contributed by atoms with Crippen molar-refractivity contribution < 1.29 is 26.4 Å². The Bertz CT molecular complexity index is 1130. The van der Waals surface area contributed by atoms with Crippen LogP contribution in [0.25, 0.3) is 0 Å². The number of sulfonamides is 2. The summed E-state index contributed by atoms with van der Waals surface area (Å²) in [5.41, 5.74) is 1.59. The lowest BCUT2D eigenvalue weighted by atomic mass is 10.2. The van der Waals surface area contributed by atoms with E-state index in [0.717, 1.165) is 9.87 Å². The van der Waals surface area contributed by atoms with Gasteiger partial charge in [-0.3, -0.25) is 4.79 Å². The third kappa shape index (κ3) is 6.50. The molecule has 11 heteroatoms. The summed E-state index contributed by atoms with van der Waals surface area (Å²) in [6, 6.07) is 10.8. The lowest BCUT2D eigenvalue weighted by Gasteiger charge is -2.18. The highest BCUT2D eigenvalue weighted by atomic mass is 32.2. The summed E-state index contributed by atoms with van der Waals surface area (Å²) in [7, 11) is -4.76. The molecule has 0 spiro atoms. The SMILES string of the molecule is COc1ccc(S(=O)(=O)N(C)CC(=O)NCCNS(=O)(=O)c2ccc(C)cc2)cc1C. The monoisotopic (exact) mass is 469 g/mol. The minimum atomic E-state index is -3.87. The van der Waals surface area contributed by atoms with Crippen molar-refractivity contribution in [3.63, 3.8) is 0 Å². The van der Waals surface area contributed by atoms with Crippen LogP contribution in [-0.4, -0.2) is 60.8 Å². The molecule has 0 fully saturated rings. The summed E-state index contributed by atoms with van der Waals surface area (Å²) in [5.74, 6) is 0.0123. The van der Waals surface area contributed by atoms with Gasteiger partial charge in [-0.25, -0.2) is 21.6 Å². The maximum atomic E-state index is 12.7. The molecule has 0 aliphatic rings. The number of benzene rings is 2. The Morgan fingerprint density at radius 1 is 0.968 bits per heavy atom. The molecule has 2 aromatic rings. The van der Waals surface area contributed by atoms with Crippen molar-refractivity contribution in [3.8, 4) is 5.75 Å². The first-order valence-electron chi connectivity index (χ1n) is 9.41. The Morgan fingerprint density at radius 2 is 1.58 bits per heavy atom. The van der Waals surface area contributed by atoms with E-state index in [2.05, 4.69) is 10.0 Å². The number of carbonyl (C=O) groups is 1. The first-order valence-corrected chi connectivity index (χ1v) is 12.3. The molecule has 9 nitrogen and oxygen atoms in total. The summed E-state index contributed by atoms with van der Waals surface area (Å²) >= 11 is 0. The van der Waals surface area contributed by atoms with Gasteiger partial charge in [0, 0.05) is 20.1 Å². The number of aryl methyl sites for hydroxylation is 2. The van der Waals surface area contributed by atoms with Gasteiger partial charge in [0.05, 0.1) is 23.4 Å². The maximum absolute atomic E-state index is 12.7. The molecule has 31 heavy (non-hydrogen) atoms. The van der Waals surface area contributed by atoms with Crippen molar-refractivity contribution in [2.45, 2.75) is 23.6 Å². The third-order valence-electron chi connectivity index (χ3n) is 4.51. The molecular weight excluding hydrogens is 442 g/mol. The molecule has 0 radical (unpaired) electrons. The Balaban J connectivity index is 1.87. The molecule has 0 bridgehead atoms. The van der Waals surface area contributed by atoms with Crippen molar-refractivity contribution in [2.75, 3.05) is 33.8 Å². The van der Waals surface area contributed by atoms with E-state index in [4.69, 9.17) is 4.74 Å². The van der Waals surface area contributed by atoms with E-state index < -0.39 is 32.5 Å². The minimum absolute atomic E-state index is 0.0133. The second-order valence-corrected chi connectivity index (χ2v) is 10.8. The highest BCUT2D eigenvalue weighted by molar-refractivity contribution is 7.89. The van der Waals surface area contributed by atoms with Crippen LogP contribution in [0, 0.1) is 13.8 Å². The van der Waals surface area contributed by atoms with E-state index in [1.807, 2.05) is 6.92 Å². The average Bonchev–Trinajstić information content (AvgIpc) is 2.71.